The highest BCUT2D eigenvalue weighted by Crippen LogP contribution is 2.37. The number of carbonyl (C=O) groups is 2. The van der Waals surface area contributed by atoms with Crippen molar-refractivity contribution < 1.29 is 19.4 Å². The first-order valence-corrected chi connectivity index (χ1v) is 9.30. The molecule has 0 spiro atoms. The van der Waals surface area contributed by atoms with Gasteiger partial charge >= 0.3 is 5.97 Å². The highest BCUT2D eigenvalue weighted by Gasteiger charge is 2.33. The third-order valence-corrected chi connectivity index (χ3v) is 4.84. The number of anilines is 2. The second kappa shape index (κ2) is 7.85. The van der Waals surface area contributed by atoms with Crippen LogP contribution in [0, 0.1) is 0 Å². The molecule has 0 aromatic heterocycles. The zero-order chi connectivity index (χ0) is 20.4. The minimum atomic E-state index is -1.05. The number of para-hydroxylation sites is 1. The first-order valence-electron chi connectivity index (χ1n) is 8.92. The van der Waals surface area contributed by atoms with E-state index in [2.05, 4.69) is 5.32 Å². The van der Waals surface area contributed by atoms with Crippen molar-refractivity contribution in [1.29, 1.82) is 0 Å². The van der Waals surface area contributed by atoms with Crippen LogP contribution in [0.25, 0.3) is 0 Å². The van der Waals surface area contributed by atoms with E-state index in [1.54, 1.807) is 47.4 Å². The van der Waals surface area contributed by atoms with Crippen molar-refractivity contribution in [2.45, 2.75) is 6.17 Å². The van der Waals surface area contributed by atoms with Gasteiger partial charge in [-0.15, -0.1) is 0 Å². The van der Waals surface area contributed by atoms with Gasteiger partial charge in [0.15, 0.2) is 6.61 Å². The van der Waals surface area contributed by atoms with Crippen molar-refractivity contribution in [3.63, 3.8) is 0 Å². The molecule has 0 saturated carbocycles. The molecule has 2 N–H and O–H groups in total. The number of rotatable bonds is 5. The molecule has 0 radical (unpaired) electrons. The monoisotopic (exact) mass is 408 g/mol. The Kier molecular flexibility index (Phi) is 5.10. The molecule has 0 saturated heterocycles. The Morgan fingerprint density at radius 2 is 1.72 bits per heavy atom. The molecule has 3 aromatic rings. The van der Waals surface area contributed by atoms with Crippen LogP contribution in [0.1, 0.15) is 22.1 Å². The van der Waals surface area contributed by atoms with E-state index in [-0.39, 0.29) is 5.91 Å². The predicted octanol–water partition coefficient (Wildman–Crippen LogP) is 4.57. The number of carboxylic acids is 1. The normalized spacial score (nSPS) is 15.4. The summed E-state index contributed by atoms with van der Waals surface area (Å²) in [5.74, 6) is -0.778. The Labute approximate surface area is 172 Å². The van der Waals surface area contributed by atoms with Crippen molar-refractivity contribution >= 4 is 34.9 Å². The maximum Gasteiger partial charge on any atom is 0.341 e. The van der Waals surface area contributed by atoms with Crippen molar-refractivity contribution in [1.82, 2.24) is 0 Å². The van der Waals surface area contributed by atoms with Crippen LogP contribution in [0.3, 0.4) is 0 Å². The molecule has 146 valence electrons. The molecule has 1 atom stereocenters. The molecule has 6 nitrogen and oxygen atoms in total. The Bertz CT molecular complexity index is 1050. The summed E-state index contributed by atoms with van der Waals surface area (Å²) in [6.07, 6.45) is -0.430. The highest BCUT2D eigenvalue weighted by atomic mass is 35.5. The first kappa shape index (κ1) is 18.8. The van der Waals surface area contributed by atoms with Crippen LogP contribution in [0.5, 0.6) is 5.75 Å². The lowest BCUT2D eigenvalue weighted by atomic mass is 10.0. The predicted molar refractivity (Wildman–Crippen MR) is 111 cm³/mol. The van der Waals surface area contributed by atoms with E-state index in [0.717, 1.165) is 11.3 Å². The molecule has 7 heteroatoms. The van der Waals surface area contributed by atoms with Gasteiger partial charge in [-0.3, -0.25) is 9.69 Å². The number of nitrogens with one attached hydrogen (secondary N) is 1. The third-order valence-electron chi connectivity index (χ3n) is 4.59. The van der Waals surface area contributed by atoms with E-state index in [4.69, 9.17) is 21.4 Å². The lowest BCUT2D eigenvalue weighted by molar-refractivity contribution is -0.139. The Balaban J connectivity index is 1.72. The van der Waals surface area contributed by atoms with Gasteiger partial charge in [0.1, 0.15) is 11.9 Å². The summed E-state index contributed by atoms with van der Waals surface area (Å²) < 4.78 is 5.18. The van der Waals surface area contributed by atoms with Crippen molar-refractivity contribution in [3.8, 4) is 5.75 Å². The summed E-state index contributed by atoms with van der Waals surface area (Å²) in [6.45, 7) is -0.426. The average molecular weight is 409 g/mol. The van der Waals surface area contributed by atoms with Crippen LogP contribution in [-0.4, -0.2) is 23.6 Å². The van der Waals surface area contributed by atoms with Crippen LogP contribution in [0.2, 0.25) is 5.02 Å². The maximum absolute atomic E-state index is 13.3. The zero-order valence-electron chi connectivity index (χ0n) is 15.2. The molecule has 29 heavy (non-hydrogen) atoms. The lowest BCUT2D eigenvalue weighted by Crippen LogP contribution is -2.43. The summed E-state index contributed by atoms with van der Waals surface area (Å²) in [7, 11) is 0. The van der Waals surface area contributed by atoms with Gasteiger partial charge in [-0.1, -0.05) is 35.9 Å². The minimum absolute atomic E-state index is 0.140. The number of hydrogen-bond acceptors (Lipinski definition) is 4. The molecule has 1 amide bonds. The number of ether oxygens (including phenoxy) is 1. The van der Waals surface area contributed by atoms with Gasteiger partial charge in [-0.25, -0.2) is 4.79 Å². The minimum Gasteiger partial charge on any atom is -0.482 e. The maximum atomic E-state index is 13.3. The van der Waals surface area contributed by atoms with E-state index >= 15 is 0 Å². The molecule has 1 aliphatic heterocycles. The van der Waals surface area contributed by atoms with Gasteiger partial charge in [0, 0.05) is 16.4 Å². The van der Waals surface area contributed by atoms with Crippen molar-refractivity contribution in [2.75, 3.05) is 16.8 Å². The zero-order valence-corrected chi connectivity index (χ0v) is 16.0. The van der Waals surface area contributed by atoms with Crippen LogP contribution in [0.4, 0.5) is 11.4 Å². The number of hydrogen-bond donors (Lipinski definition) is 2. The molecule has 0 unspecified atom stereocenters. The fraction of sp³-hybridized carbons (Fsp3) is 0.0909. The summed E-state index contributed by atoms with van der Waals surface area (Å²) in [5.41, 5.74) is 2.86. The van der Waals surface area contributed by atoms with Gasteiger partial charge in [-0.2, -0.15) is 0 Å². The topological polar surface area (TPSA) is 78.9 Å². The fourth-order valence-corrected chi connectivity index (χ4v) is 3.37. The molecule has 0 fully saturated rings. The number of halogens is 1. The van der Waals surface area contributed by atoms with Gasteiger partial charge in [0.05, 0.1) is 5.56 Å². The summed E-state index contributed by atoms with van der Waals surface area (Å²) in [5, 5.41) is 12.8. The van der Waals surface area contributed by atoms with Gasteiger partial charge in [0.2, 0.25) is 0 Å². The number of carboxylic acid groups (broad SMARTS) is 1. The van der Waals surface area contributed by atoms with Crippen LogP contribution in [0.15, 0.2) is 72.8 Å². The number of fused-ring (bicyclic) bond motifs is 1. The van der Waals surface area contributed by atoms with Crippen LogP contribution in [-0.2, 0) is 4.79 Å². The van der Waals surface area contributed by atoms with Crippen molar-refractivity contribution in [2.24, 2.45) is 0 Å². The summed E-state index contributed by atoms with van der Waals surface area (Å²) in [6, 6.07) is 21.4. The Morgan fingerprint density at radius 1 is 1.03 bits per heavy atom. The molecule has 0 aliphatic carbocycles. The lowest BCUT2D eigenvalue weighted by Gasteiger charge is -2.38. The smallest absolute Gasteiger partial charge is 0.341 e. The van der Waals surface area contributed by atoms with Crippen molar-refractivity contribution in [3.05, 3.63) is 88.9 Å². The number of aliphatic carboxylic acids is 1. The van der Waals surface area contributed by atoms with E-state index in [0.29, 0.717) is 22.0 Å². The first-order chi connectivity index (χ1) is 14.0. The van der Waals surface area contributed by atoms with E-state index in [9.17, 15) is 9.59 Å². The Hall–Kier alpha value is -3.51. The van der Waals surface area contributed by atoms with Gasteiger partial charge < -0.3 is 15.2 Å². The van der Waals surface area contributed by atoms with Crippen LogP contribution >= 0.6 is 11.6 Å². The largest absolute Gasteiger partial charge is 0.482 e. The molecular weight excluding hydrogens is 392 g/mol. The van der Waals surface area contributed by atoms with E-state index in [1.807, 2.05) is 30.3 Å². The van der Waals surface area contributed by atoms with Gasteiger partial charge in [0.25, 0.3) is 5.91 Å². The number of carbonyl (C=O) groups excluding carboxylic acids is 1. The second-order valence-corrected chi connectivity index (χ2v) is 6.93. The summed E-state index contributed by atoms with van der Waals surface area (Å²) >= 11 is 6.03. The van der Waals surface area contributed by atoms with Gasteiger partial charge in [-0.05, 0) is 54.1 Å². The highest BCUT2D eigenvalue weighted by molar-refractivity contribution is 6.30. The number of amides is 1. The molecular formula is C22H17ClN2O4. The standard InChI is InChI=1S/C22H17ClN2O4/c23-15-7-5-14(6-8-15)21-24-19-4-2-1-3-18(19)22(28)25(21)16-9-11-17(12-10-16)29-13-20(26)27/h1-12,21,24H,13H2,(H,26,27)/t21-/m1/s1. The second-order valence-electron chi connectivity index (χ2n) is 6.50. The Morgan fingerprint density at radius 3 is 2.41 bits per heavy atom. The number of benzene rings is 3. The van der Waals surface area contributed by atoms with Crippen LogP contribution < -0.4 is 15.0 Å². The van der Waals surface area contributed by atoms with E-state index < -0.39 is 18.7 Å². The molecule has 3 aromatic carbocycles. The van der Waals surface area contributed by atoms with E-state index in [1.165, 1.54) is 0 Å². The quantitative estimate of drug-likeness (QED) is 0.646. The molecule has 1 heterocycles. The molecule has 1 aliphatic rings. The fourth-order valence-electron chi connectivity index (χ4n) is 3.25. The SMILES string of the molecule is O=C(O)COc1ccc(N2C(=O)c3ccccc3N[C@H]2c2ccc(Cl)cc2)cc1. The molecule has 4 rings (SSSR count). The number of nitrogens with zero attached hydrogens (tertiary/aromatic N) is 1. The third kappa shape index (κ3) is 3.88. The summed E-state index contributed by atoms with van der Waals surface area (Å²) in [4.78, 5) is 25.7. The average Bonchev–Trinajstić information content (AvgIpc) is 2.73. The molecule has 0 bridgehead atoms.